The van der Waals surface area contributed by atoms with Gasteiger partial charge in [0.25, 0.3) is 0 Å². The Hall–Kier alpha value is -2.09. The fourth-order valence-electron chi connectivity index (χ4n) is 2.97. The lowest BCUT2D eigenvalue weighted by Gasteiger charge is -2.35. The van der Waals surface area contributed by atoms with Gasteiger partial charge in [0.2, 0.25) is 11.8 Å². The van der Waals surface area contributed by atoms with Gasteiger partial charge in [0.15, 0.2) is 18.6 Å². The number of methoxy groups -OCH3 is 1. The molecule has 26 heavy (non-hydrogen) atoms. The molecule has 0 amide bonds. The monoisotopic (exact) mass is 373 g/mol. The quantitative estimate of drug-likeness (QED) is 0.763. The fourth-order valence-corrected chi connectivity index (χ4v) is 2.97. The van der Waals surface area contributed by atoms with E-state index in [1.165, 1.54) is 0 Å². The van der Waals surface area contributed by atoms with Gasteiger partial charge in [-0.3, -0.25) is 0 Å². The highest BCUT2D eigenvalue weighted by Crippen LogP contribution is 2.38. The zero-order chi connectivity index (χ0) is 18.8. The van der Waals surface area contributed by atoms with Gasteiger partial charge >= 0.3 is 6.18 Å². The average Bonchev–Trinajstić information content (AvgIpc) is 2.93. The Bertz CT molecular complexity index is 694. The maximum absolute atomic E-state index is 13.1. The van der Waals surface area contributed by atoms with Crippen LogP contribution in [0.15, 0.2) is 6.07 Å². The predicted molar refractivity (Wildman–Crippen MR) is 83.4 cm³/mol. The van der Waals surface area contributed by atoms with Crippen molar-refractivity contribution in [3.63, 3.8) is 0 Å². The van der Waals surface area contributed by atoms with E-state index in [2.05, 4.69) is 21.2 Å². The van der Waals surface area contributed by atoms with Crippen molar-refractivity contribution in [3.8, 4) is 18.2 Å². The normalized spacial score (nSPS) is 27.8. The Morgan fingerprint density at radius 2 is 2.27 bits per heavy atom. The summed E-state index contributed by atoms with van der Waals surface area (Å²) in [5.74, 6) is 1.69. The van der Waals surface area contributed by atoms with Crippen LogP contribution in [0.5, 0.6) is 5.88 Å². The minimum atomic E-state index is -4.64. The number of halogens is 3. The molecule has 142 valence electrons. The lowest BCUT2D eigenvalue weighted by molar-refractivity contribution is -0.143. The molecule has 0 spiro atoms. The zero-order valence-electron chi connectivity index (χ0n) is 14.0. The molecule has 0 saturated carbocycles. The van der Waals surface area contributed by atoms with E-state index >= 15 is 0 Å². The van der Waals surface area contributed by atoms with Crippen LogP contribution in [0.2, 0.25) is 0 Å². The second kappa shape index (κ2) is 7.26. The van der Waals surface area contributed by atoms with Crippen LogP contribution in [0.25, 0.3) is 0 Å². The number of ether oxygens (including phenoxy) is 4. The molecule has 0 radical (unpaired) electrons. The van der Waals surface area contributed by atoms with Crippen LogP contribution in [0, 0.1) is 12.3 Å². The molecular weight excluding hydrogens is 355 g/mol. The van der Waals surface area contributed by atoms with Gasteiger partial charge in [-0.1, -0.05) is 5.92 Å². The summed E-state index contributed by atoms with van der Waals surface area (Å²) in [4.78, 5) is 7.47. The molecule has 2 aliphatic rings. The van der Waals surface area contributed by atoms with E-state index in [9.17, 15) is 13.2 Å². The molecule has 3 rings (SSSR count). The number of fused-ring (bicyclic) bond motifs is 2. The Morgan fingerprint density at radius 1 is 1.46 bits per heavy atom. The highest BCUT2D eigenvalue weighted by atomic mass is 19.4. The molecule has 2 fully saturated rings. The number of anilines is 1. The van der Waals surface area contributed by atoms with Gasteiger partial charge in [0, 0.05) is 13.2 Å². The third kappa shape index (κ3) is 4.00. The predicted octanol–water partition coefficient (Wildman–Crippen LogP) is 1.84. The summed E-state index contributed by atoms with van der Waals surface area (Å²) in [6.45, 7) is 0.551. The van der Waals surface area contributed by atoms with Crippen molar-refractivity contribution in [1.82, 2.24) is 9.97 Å². The molecule has 2 aliphatic heterocycles. The van der Waals surface area contributed by atoms with Gasteiger partial charge in [-0.2, -0.15) is 18.2 Å². The molecule has 1 unspecified atom stereocenters. The standard InChI is InChI=1S/C16H18F3N3O4/c1-3-6-24-12-7-11(16(17,18)19)21-14(22-12)20-10-4-5-15(8-23-2)9-25-13(10)26-15/h1,7,10,13H,4-6,8-9H2,2H3,(H,20,21,22)/t10-,13?,15+/m1/s1. The maximum Gasteiger partial charge on any atom is 0.433 e. The Labute approximate surface area is 148 Å². The molecule has 0 aliphatic carbocycles. The molecule has 2 bridgehead atoms. The smallest absolute Gasteiger partial charge is 0.433 e. The van der Waals surface area contributed by atoms with Gasteiger partial charge in [-0.15, -0.1) is 6.42 Å². The highest BCUT2D eigenvalue weighted by Gasteiger charge is 2.49. The minimum Gasteiger partial charge on any atom is -0.464 e. The fraction of sp³-hybridized carbons (Fsp3) is 0.625. The highest BCUT2D eigenvalue weighted by molar-refractivity contribution is 5.34. The number of nitrogens with zero attached hydrogens (tertiary/aromatic N) is 2. The van der Waals surface area contributed by atoms with Gasteiger partial charge in [-0.25, -0.2) is 4.98 Å². The number of rotatable bonds is 6. The number of terminal acetylenes is 1. The van der Waals surface area contributed by atoms with Gasteiger partial charge < -0.3 is 24.3 Å². The lowest BCUT2D eigenvalue weighted by Crippen LogP contribution is -2.47. The first-order chi connectivity index (χ1) is 12.3. The molecule has 7 nitrogen and oxygen atoms in total. The summed E-state index contributed by atoms with van der Waals surface area (Å²) in [6.07, 6.45) is 1.04. The second-order valence-corrected chi connectivity index (χ2v) is 6.11. The molecule has 2 saturated heterocycles. The van der Waals surface area contributed by atoms with Crippen LogP contribution >= 0.6 is 0 Å². The van der Waals surface area contributed by atoms with Crippen molar-refractivity contribution in [2.24, 2.45) is 0 Å². The summed E-state index contributed by atoms with van der Waals surface area (Å²) in [7, 11) is 1.57. The van der Waals surface area contributed by atoms with Crippen LogP contribution in [0.1, 0.15) is 18.5 Å². The largest absolute Gasteiger partial charge is 0.464 e. The number of hydrogen-bond donors (Lipinski definition) is 1. The minimum absolute atomic E-state index is 0.203. The van der Waals surface area contributed by atoms with Gasteiger partial charge in [0.05, 0.1) is 19.3 Å². The maximum atomic E-state index is 13.1. The number of alkyl halides is 3. The summed E-state index contributed by atoms with van der Waals surface area (Å²) in [5, 5.41) is 2.85. The average molecular weight is 373 g/mol. The van der Waals surface area contributed by atoms with E-state index in [1.54, 1.807) is 7.11 Å². The molecule has 1 aromatic rings. The number of aromatic nitrogens is 2. The van der Waals surface area contributed by atoms with Crippen LogP contribution in [-0.2, 0) is 20.4 Å². The van der Waals surface area contributed by atoms with Crippen molar-refractivity contribution in [2.45, 2.75) is 37.0 Å². The summed E-state index contributed by atoms with van der Waals surface area (Å²) >= 11 is 0. The van der Waals surface area contributed by atoms with Gasteiger partial charge in [-0.05, 0) is 12.8 Å². The summed E-state index contributed by atoms with van der Waals surface area (Å²) < 4.78 is 60.8. The van der Waals surface area contributed by atoms with Gasteiger partial charge in [0.1, 0.15) is 5.60 Å². The lowest BCUT2D eigenvalue weighted by atomic mass is 9.94. The first kappa shape index (κ1) is 18.7. The molecule has 1 aromatic heterocycles. The van der Waals surface area contributed by atoms with E-state index in [0.717, 1.165) is 0 Å². The summed E-state index contributed by atoms with van der Waals surface area (Å²) in [5.41, 5.74) is -1.63. The number of hydrogen-bond acceptors (Lipinski definition) is 7. The van der Waals surface area contributed by atoms with Crippen molar-refractivity contribution in [3.05, 3.63) is 11.8 Å². The van der Waals surface area contributed by atoms with E-state index in [-0.39, 0.29) is 18.4 Å². The Balaban J connectivity index is 1.76. The molecule has 3 heterocycles. The Morgan fingerprint density at radius 3 is 2.96 bits per heavy atom. The van der Waals surface area contributed by atoms with Crippen LogP contribution < -0.4 is 10.1 Å². The van der Waals surface area contributed by atoms with Crippen molar-refractivity contribution < 1.29 is 32.1 Å². The van der Waals surface area contributed by atoms with E-state index in [0.29, 0.717) is 32.1 Å². The van der Waals surface area contributed by atoms with E-state index in [1.807, 2.05) is 0 Å². The summed E-state index contributed by atoms with van der Waals surface area (Å²) in [6, 6.07) is 0.307. The zero-order valence-corrected chi connectivity index (χ0v) is 14.0. The molecule has 0 aromatic carbocycles. The van der Waals surface area contributed by atoms with E-state index in [4.69, 9.17) is 25.4 Å². The molecule has 1 N–H and O–H groups in total. The first-order valence-corrected chi connectivity index (χ1v) is 7.93. The molecule has 3 atom stereocenters. The van der Waals surface area contributed by atoms with Crippen molar-refractivity contribution in [1.29, 1.82) is 0 Å². The molecular formula is C16H18F3N3O4. The molecule has 10 heteroatoms. The third-order valence-electron chi connectivity index (χ3n) is 4.13. The Kier molecular flexibility index (Phi) is 5.22. The van der Waals surface area contributed by atoms with Crippen LogP contribution in [0.4, 0.5) is 19.1 Å². The number of nitrogens with one attached hydrogen (secondary N) is 1. The van der Waals surface area contributed by atoms with Crippen molar-refractivity contribution in [2.75, 3.05) is 32.2 Å². The third-order valence-corrected chi connectivity index (χ3v) is 4.13. The SMILES string of the molecule is C#CCOc1cc(C(F)(F)F)nc(N[C@@H]2CC[C@]3(COC)COC2O3)n1. The first-order valence-electron chi connectivity index (χ1n) is 7.93. The topological polar surface area (TPSA) is 74.7 Å². The van der Waals surface area contributed by atoms with Crippen molar-refractivity contribution >= 4 is 5.95 Å². The van der Waals surface area contributed by atoms with Crippen LogP contribution in [-0.4, -0.2) is 54.8 Å². The van der Waals surface area contributed by atoms with E-state index < -0.39 is 29.8 Å². The second-order valence-electron chi connectivity index (χ2n) is 6.11. The van der Waals surface area contributed by atoms with Crippen LogP contribution in [0.3, 0.4) is 0 Å².